The number of carbonyl (C=O) groups excluding carboxylic acids is 2. The smallest absolute Gasteiger partial charge is 0.244 e. The number of hydrogen-bond acceptors (Lipinski definition) is 3. The largest absolute Gasteiger partial charge is 0.489 e. The van der Waals surface area contributed by atoms with Crippen LogP contribution in [0.3, 0.4) is 0 Å². The quantitative estimate of drug-likeness (QED) is 0.777. The van der Waals surface area contributed by atoms with E-state index in [0.29, 0.717) is 22.1 Å². The highest BCUT2D eigenvalue weighted by Gasteiger charge is 2.21. The Morgan fingerprint density at radius 1 is 1.19 bits per heavy atom. The SMILES string of the molecule is CC(=O)N(CC(=O)Nc1ccccc1OC(C)C)c1c(C)cc(C)cc1Cl. The van der Waals surface area contributed by atoms with Gasteiger partial charge in [0.05, 0.1) is 22.5 Å². The molecule has 6 heteroatoms. The van der Waals surface area contributed by atoms with E-state index in [1.165, 1.54) is 11.8 Å². The molecule has 0 aliphatic carbocycles. The monoisotopic (exact) mass is 388 g/mol. The number of carbonyl (C=O) groups is 2. The fourth-order valence-corrected chi connectivity index (χ4v) is 3.28. The van der Waals surface area contributed by atoms with Crippen LogP contribution in [0.4, 0.5) is 11.4 Å². The number of rotatable bonds is 6. The van der Waals surface area contributed by atoms with Crippen molar-refractivity contribution in [3.05, 3.63) is 52.5 Å². The van der Waals surface area contributed by atoms with Crippen LogP contribution in [0, 0.1) is 13.8 Å². The average molecular weight is 389 g/mol. The van der Waals surface area contributed by atoms with E-state index in [4.69, 9.17) is 16.3 Å². The summed E-state index contributed by atoms with van der Waals surface area (Å²) in [6.45, 7) is 8.90. The third-order valence-corrected chi connectivity index (χ3v) is 4.16. The fraction of sp³-hybridized carbons (Fsp3) is 0.333. The molecule has 2 rings (SSSR count). The number of anilines is 2. The average Bonchev–Trinajstić information content (AvgIpc) is 2.54. The molecule has 0 saturated carbocycles. The second kappa shape index (κ2) is 8.91. The van der Waals surface area contributed by atoms with E-state index in [1.54, 1.807) is 18.2 Å². The lowest BCUT2D eigenvalue weighted by Gasteiger charge is -2.24. The van der Waals surface area contributed by atoms with Crippen LogP contribution in [0.5, 0.6) is 5.75 Å². The Hall–Kier alpha value is -2.53. The Morgan fingerprint density at radius 2 is 1.85 bits per heavy atom. The molecule has 2 aromatic rings. The molecule has 0 aliphatic heterocycles. The molecule has 0 aliphatic rings. The lowest BCUT2D eigenvalue weighted by Crippen LogP contribution is -2.37. The van der Waals surface area contributed by atoms with Gasteiger partial charge in [-0.05, 0) is 57.0 Å². The summed E-state index contributed by atoms with van der Waals surface area (Å²) >= 11 is 6.35. The summed E-state index contributed by atoms with van der Waals surface area (Å²) in [5.41, 5.74) is 2.95. The van der Waals surface area contributed by atoms with E-state index in [-0.39, 0.29) is 24.5 Å². The van der Waals surface area contributed by atoms with Crippen molar-refractivity contribution in [2.75, 3.05) is 16.8 Å². The molecule has 0 spiro atoms. The van der Waals surface area contributed by atoms with Gasteiger partial charge < -0.3 is 15.0 Å². The van der Waals surface area contributed by atoms with Crippen molar-refractivity contribution in [2.24, 2.45) is 0 Å². The van der Waals surface area contributed by atoms with Crippen LogP contribution >= 0.6 is 11.6 Å². The molecule has 2 amide bonds. The van der Waals surface area contributed by atoms with Crippen molar-refractivity contribution in [1.82, 2.24) is 0 Å². The van der Waals surface area contributed by atoms with Crippen LogP contribution in [-0.4, -0.2) is 24.5 Å². The molecule has 0 heterocycles. The Balaban J connectivity index is 2.24. The molecule has 0 unspecified atom stereocenters. The number of aryl methyl sites for hydroxylation is 2. The lowest BCUT2D eigenvalue weighted by atomic mass is 10.1. The molecule has 144 valence electrons. The van der Waals surface area contributed by atoms with Gasteiger partial charge in [-0.3, -0.25) is 9.59 Å². The minimum absolute atomic E-state index is 0.0224. The standard InChI is InChI=1S/C21H25ClN2O3/c1-13(2)27-19-9-7-6-8-18(19)23-20(26)12-24(16(5)25)21-15(4)10-14(3)11-17(21)22/h6-11,13H,12H2,1-5H3,(H,23,26). The highest BCUT2D eigenvalue weighted by Crippen LogP contribution is 2.31. The van der Waals surface area contributed by atoms with Gasteiger partial charge in [0.1, 0.15) is 12.3 Å². The molecule has 0 radical (unpaired) electrons. The second-order valence-electron chi connectivity index (χ2n) is 6.73. The minimum atomic E-state index is -0.332. The summed E-state index contributed by atoms with van der Waals surface area (Å²) < 4.78 is 5.72. The second-order valence-corrected chi connectivity index (χ2v) is 7.14. The van der Waals surface area contributed by atoms with E-state index in [1.807, 2.05) is 45.9 Å². The third-order valence-electron chi connectivity index (χ3n) is 3.87. The van der Waals surface area contributed by atoms with Gasteiger partial charge >= 0.3 is 0 Å². The van der Waals surface area contributed by atoms with Crippen LogP contribution in [0.15, 0.2) is 36.4 Å². The summed E-state index contributed by atoms with van der Waals surface area (Å²) in [5.74, 6) is -0.00783. The van der Waals surface area contributed by atoms with Crippen molar-refractivity contribution in [2.45, 2.75) is 40.7 Å². The third kappa shape index (κ3) is 5.47. The van der Waals surface area contributed by atoms with Gasteiger partial charge in [0.2, 0.25) is 11.8 Å². The molecular formula is C21H25ClN2O3. The van der Waals surface area contributed by atoms with E-state index >= 15 is 0 Å². The van der Waals surface area contributed by atoms with Crippen molar-refractivity contribution in [3.63, 3.8) is 0 Å². The lowest BCUT2D eigenvalue weighted by molar-refractivity contribution is -0.120. The predicted molar refractivity (Wildman–Crippen MR) is 110 cm³/mol. The Bertz CT molecular complexity index is 826. The highest BCUT2D eigenvalue weighted by atomic mass is 35.5. The number of halogens is 1. The van der Waals surface area contributed by atoms with Crippen molar-refractivity contribution in [3.8, 4) is 5.75 Å². The van der Waals surface area contributed by atoms with Crippen LogP contribution in [0.2, 0.25) is 5.02 Å². The molecule has 27 heavy (non-hydrogen) atoms. The number of hydrogen-bond donors (Lipinski definition) is 1. The molecule has 0 aromatic heterocycles. The number of nitrogens with one attached hydrogen (secondary N) is 1. The van der Waals surface area contributed by atoms with Gasteiger partial charge in [0, 0.05) is 6.92 Å². The summed E-state index contributed by atoms with van der Waals surface area (Å²) in [4.78, 5) is 26.2. The number of para-hydroxylation sites is 2. The van der Waals surface area contributed by atoms with Gasteiger partial charge in [-0.2, -0.15) is 0 Å². The zero-order valence-electron chi connectivity index (χ0n) is 16.3. The van der Waals surface area contributed by atoms with E-state index in [0.717, 1.165) is 11.1 Å². The zero-order chi connectivity index (χ0) is 20.1. The van der Waals surface area contributed by atoms with Crippen molar-refractivity contribution in [1.29, 1.82) is 0 Å². The van der Waals surface area contributed by atoms with Gasteiger partial charge in [0.25, 0.3) is 0 Å². The van der Waals surface area contributed by atoms with Gasteiger partial charge in [-0.1, -0.05) is 29.8 Å². The van der Waals surface area contributed by atoms with Gasteiger partial charge in [-0.25, -0.2) is 0 Å². The normalized spacial score (nSPS) is 10.6. The first-order chi connectivity index (χ1) is 12.7. The Kier molecular flexibility index (Phi) is 6.86. The van der Waals surface area contributed by atoms with Crippen LogP contribution in [0.1, 0.15) is 31.9 Å². The maximum absolute atomic E-state index is 12.6. The molecule has 0 saturated heterocycles. The molecule has 0 atom stereocenters. The van der Waals surface area contributed by atoms with Gasteiger partial charge in [0.15, 0.2) is 0 Å². The maximum Gasteiger partial charge on any atom is 0.244 e. The molecule has 1 N–H and O–H groups in total. The van der Waals surface area contributed by atoms with E-state index in [2.05, 4.69) is 5.32 Å². The highest BCUT2D eigenvalue weighted by molar-refractivity contribution is 6.34. The molecule has 2 aromatic carbocycles. The minimum Gasteiger partial charge on any atom is -0.489 e. The van der Waals surface area contributed by atoms with Crippen molar-refractivity contribution >= 4 is 34.8 Å². The summed E-state index contributed by atoms with van der Waals surface area (Å²) in [6, 6.07) is 10.9. The fourth-order valence-electron chi connectivity index (χ4n) is 2.86. The van der Waals surface area contributed by atoms with E-state index in [9.17, 15) is 9.59 Å². The number of ether oxygens (including phenoxy) is 1. The molecule has 0 fully saturated rings. The first-order valence-electron chi connectivity index (χ1n) is 8.79. The Labute approximate surface area is 165 Å². The number of amides is 2. The van der Waals surface area contributed by atoms with Crippen LogP contribution < -0.4 is 15.0 Å². The van der Waals surface area contributed by atoms with E-state index < -0.39 is 0 Å². The summed E-state index contributed by atoms with van der Waals surface area (Å²) in [6.07, 6.45) is -0.0224. The summed E-state index contributed by atoms with van der Waals surface area (Å²) in [5, 5.41) is 3.26. The zero-order valence-corrected chi connectivity index (χ0v) is 17.1. The van der Waals surface area contributed by atoms with Crippen LogP contribution in [-0.2, 0) is 9.59 Å². The predicted octanol–water partition coefficient (Wildman–Crippen LogP) is 4.74. The van der Waals surface area contributed by atoms with Gasteiger partial charge in [-0.15, -0.1) is 0 Å². The number of benzene rings is 2. The van der Waals surface area contributed by atoms with Crippen LogP contribution in [0.25, 0.3) is 0 Å². The molecule has 0 bridgehead atoms. The first kappa shape index (κ1) is 20.8. The first-order valence-corrected chi connectivity index (χ1v) is 9.17. The molecular weight excluding hydrogens is 364 g/mol. The number of nitrogens with zero attached hydrogens (tertiary/aromatic N) is 1. The maximum atomic E-state index is 12.6. The topological polar surface area (TPSA) is 58.6 Å². The molecule has 5 nitrogen and oxygen atoms in total. The summed E-state index contributed by atoms with van der Waals surface area (Å²) in [7, 11) is 0. The Morgan fingerprint density at radius 3 is 2.44 bits per heavy atom. The van der Waals surface area contributed by atoms with Crippen molar-refractivity contribution < 1.29 is 14.3 Å².